The molecule has 0 radical (unpaired) electrons. The number of para-hydroxylation sites is 1. The highest BCUT2D eigenvalue weighted by Gasteiger charge is 2.35. The maximum Gasteiger partial charge on any atom is 0.259 e. The summed E-state index contributed by atoms with van der Waals surface area (Å²) in [6.45, 7) is 2.61. The first-order chi connectivity index (χ1) is 15.6. The van der Waals surface area contributed by atoms with E-state index < -0.39 is 5.91 Å². The highest BCUT2D eigenvalue weighted by Crippen LogP contribution is 2.37. The number of aromatic amines is 1. The molecule has 4 aromatic rings. The van der Waals surface area contributed by atoms with Gasteiger partial charge in [0, 0.05) is 48.1 Å². The van der Waals surface area contributed by atoms with Crippen molar-refractivity contribution in [2.24, 2.45) is 0 Å². The number of H-pyrrole nitrogens is 1. The number of aryl methyl sites for hydroxylation is 2. The maximum absolute atomic E-state index is 13.0. The Morgan fingerprint density at radius 2 is 1.88 bits per heavy atom. The standard InChI is InChI=1S/C25H24N4O3/c1-15-21(20-13-16(7-5-6-12-32-2)10-11-29(20)28-15)23-22(24(30)27-25(23)31)18-14-26-19-9-4-3-8-17(18)19/h3-4,8-11,13-14,26H,5-7,12H2,1-2H3,(H,27,30,31). The topological polar surface area (TPSA) is 88.5 Å². The van der Waals surface area contributed by atoms with E-state index >= 15 is 0 Å². The minimum Gasteiger partial charge on any atom is -0.385 e. The van der Waals surface area contributed by atoms with E-state index in [2.05, 4.69) is 21.5 Å². The molecular weight excluding hydrogens is 404 g/mol. The van der Waals surface area contributed by atoms with E-state index in [-0.39, 0.29) is 5.91 Å². The molecule has 0 aliphatic carbocycles. The number of carbonyl (C=O) groups is 2. The fraction of sp³-hybridized carbons (Fsp3) is 0.240. The summed E-state index contributed by atoms with van der Waals surface area (Å²) in [7, 11) is 1.71. The van der Waals surface area contributed by atoms with Gasteiger partial charge in [-0.3, -0.25) is 14.9 Å². The zero-order valence-corrected chi connectivity index (χ0v) is 18.1. The number of ether oxygens (including phenoxy) is 1. The van der Waals surface area contributed by atoms with Crippen LogP contribution < -0.4 is 5.32 Å². The minimum absolute atomic E-state index is 0.379. The number of unbranched alkanes of at least 4 members (excludes halogenated alkanes) is 1. The largest absolute Gasteiger partial charge is 0.385 e. The van der Waals surface area contributed by atoms with Gasteiger partial charge in [0.05, 0.1) is 22.4 Å². The number of aromatic nitrogens is 3. The van der Waals surface area contributed by atoms with Gasteiger partial charge in [0.15, 0.2) is 0 Å². The molecule has 2 N–H and O–H groups in total. The summed E-state index contributed by atoms with van der Waals surface area (Å²) in [6, 6.07) is 11.9. The highest BCUT2D eigenvalue weighted by atomic mass is 16.5. The van der Waals surface area contributed by atoms with Crippen LogP contribution in [-0.2, 0) is 20.7 Å². The van der Waals surface area contributed by atoms with Gasteiger partial charge in [-0.05, 0) is 49.9 Å². The summed E-state index contributed by atoms with van der Waals surface area (Å²) in [5.74, 6) is -0.775. The van der Waals surface area contributed by atoms with Gasteiger partial charge in [-0.25, -0.2) is 4.52 Å². The van der Waals surface area contributed by atoms with Gasteiger partial charge >= 0.3 is 0 Å². The lowest BCUT2D eigenvalue weighted by Gasteiger charge is -2.06. The molecule has 32 heavy (non-hydrogen) atoms. The molecule has 0 saturated heterocycles. The van der Waals surface area contributed by atoms with Crippen LogP contribution in [0.4, 0.5) is 0 Å². The Kier molecular flexibility index (Phi) is 5.11. The van der Waals surface area contributed by atoms with Crippen molar-refractivity contribution in [1.82, 2.24) is 19.9 Å². The van der Waals surface area contributed by atoms with E-state index in [0.29, 0.717) is 28.0 Å². The number of imide groups is 1. The van der Waals surface area contributed by atoms with Crippen LogP contribution in [0.3, 0.4) is 0 Å². The van der Waals surface area contributed by atoms with Crippen molar-refractivity contribution in [1.29, 1.82) is 0 Å². The van der Waals surface area contributed by atoms with Crippen molar-refractivity contribution in [3.05, 3.63) is 71.2 Å². The van der Waals surface area contributed by atoms with Crippen LogP contribution in [0.1, 0.15) is 35.2 Å². The highest BCUT2D eigenvalue weighted by molar-refractivity contribution is 6.50. The average Bonchev–Trinajstić information content (AvgIpc) is 3.43. The molecule has 1 aromatic carbocycles. The second-order valence-corrected chi connectivity index (χ2v) is 8.06. The Hall–Kier alpha value is -3.71. The number of pyridine rings is 1. The number of hydrogen-bond acceptors (Lipinski definition) is 4. The quantitative estimate of drug-likeness (QED) is 0.347. The number of methoxy groups -OCH3 is 1. The van der Waals surface area contributed by atoms with Gasteiger partial charge in [-0.1, -0.05) is 18.2 Å². The Morgan fingerprint density at radius 1 is 1.06 bits per heavy atom. The third kappa shape index (κ3) is 3.31. The first-order valence-corrected chi connectivity index (χ1v) is 10.7. The Bertz CT molecular complexity index is 1390. The summed E-state index contributed by atoms with van der Waals surface area (Å²) in [5.41, 5.74) is 5.79. The molecule has 7 nitrogen and oxygen atoms in total. The molecule has 0 spiro atoms. The first kappa shape index (κ1) is 20.2. The van der Waals surface area contributed by atoms with Crippen LogP contribution in [-0.4, -0.2) is 40.1 Å². The smallest absolute Gasteiger partial charge is 0.259 e. The molecule has 4 heterocycles. The number of carbonyl (C=O) groups excluding carboxylic acids is 2. The Balaban J connectivity index is 1.67. The molecule has 0 atom stereocenters. The molecule has 0 bridgehead atoms. The minimum atomic E-state index is -0.390. The van der Waals surface area contributed by atoms with E-state index in [4.69, 9.17) is 4.74 Å². The van der Waals surface area contributed by atoms with Crippen molar-refractivity contribution < 1.29 is 14.3 Å². The third-order valence-electron chi connectivity index (χ3n) is 5.98. The summed E-state index contributed by atoms with van der Waals surface area (Å²) < 4.78 is 6.92. The first-order valence-electron chi connectivity index (χ1n) is 10.7. The molecule has 7 heteroatoms. The van der Waals surface area contributed by atoms with Gasteiger partial charge < -0.3 is 9.72 Å². The number of nitrogens with one attached hydrogen (secondary N) is 2. The van der Waals surface area contributed by atoms with E-state index in [1.807, 2.05) is 43.5 Å². The monoisotopic (exact) mass is 428 g/mol. The number of nitrogens with zero attached hydrogens (tertiary/aromatic N) is 2. The summed E-state index contributed by atoms with van der Waals surface area (Å²) in [5, 5.41) is 8.01. The van der Waals surface area contributed by atoms with Crippen LogP contribution in [0.15, 0.2) is 48.8 Å². The van der Waals surface area contributed by atoms with E-state index in [0.717, 1.165) is 47.9 Å². The predicted octanol–water partition coefficient (Wildman–Crippen LogP) is 3.66. The molecule has 1 aliphatic rings. The van der Waals surface area contributed by atoms with Crippen molar-refractivity contribution in [3.8, 4) is 0 Å². The van der Waals surface area contributed by atoms with Crippen molar-refractivity contribution in [3.63, 3.8) is 0 Å². The summed E-state index contributed by atoms with van der Waals surface area (Å²) in [4.78, 5) is 29.1. The van der Waals surface area contributed by atoms with E-state index in [1.165, 1.54) is 0 Å². The van der Waals surface area contributed by atoms with Gasteiger partial charge in [-0.15, -0.1) is 0 Å². The van der Waals surface area contributed by atoms with Crippen LogP contribution >= 0.6 is 0 Å². The second-order valence-electron chi connectivity index (χ2n) is 8.06. The van der Waals surface area contributed by atoms with E-state index in [1.54, 1.807) is 17.8 Å². The molecule has 3 aromatic heterocycles. The van der Waals surface area contributed by atoms with Crippen LogP contribution in [0.5, 0.6) is 0 Å². The van der Waals surface area contributed by atoms with E-state index in [9.17, 15) is 9.59 Å². The maximum atomic E-state index is 13.0. The molecule has 1 aliphatic heterocycles. The van der Waals surface area contributed by atoms with Crippen molar-refractivity contribution in [2.75, 3.05) is 13.7 Å². The molecule has 0 saturated carbocycles. The average molecular weight is 428 g/mol. The zero-order valence-electron chi connectivity index (χ0n) is 18.1. The Morgan fingerprint density at radius 3 is 2.72 bits per heavy atom. The lowest BCUT2D eigenvalue weighted by Crippen LogP contribution is -2.22. The number of hydrogen-bond donors (Lipinski definition) is 2. The van der Waals surface area contributed by atoms with Crippen molar-refractivity contribution in [2.45, 2.75) is 26.2 Å². The molecule has 0 fully saturated rings. The number of rotatable bonds is 7. The molecule has 2 amide bonds. The molecule has 0 unspecified atom stereocenters. The van der Waals surface area contributed by atoms with Gasteiger partial charge in [0.25, 0.3) is 11.8 Å². The van der Waals surface area contributed by atoms with Gasteiger partial charge in [0.1, 0.15) is 0 Å². The lowest BCUT2D eigenvalue weighted by molar-refractivity contribution is -0.122. The van der Waals surface area contributed by atoms with Crippen LogP contribution in [0.25, 0.3) is 27.6 Å². The molecule has 5 rings (SSSR count). The third-order valence-corrected chi connectivity index (χ3v) is 5.98. The number of benzene rings is 1. The van der Waals surface area contributed by atoms with Crippen molar-refractivity contribution >= 4 is 39.4 Å². The number of amides is 2. The molecular formula is C25H24N4O3. The summed E-state index contributed by atoms with van der Waals surface area (Å²) in [6.07, 6.45) is 6.61. The van der Waals surface area contributed by atoms with Gasteiger partial charge in [-0.2, -0.15) is 5.10 Å². The predicted molar refractivity (Wildman–Crippen MR) is 123 cm³/mol. The Labute approximate surface area is 185 Å². The lowest BCUT2D eigenvalue weighted by atomic mass is 9.94. The van der Waals surface area contributed by atoms with Gasteiger partial charge in [0.2, 0.25) is 0 Å². The molecule has 162 valence electrons. The fourth-order valence-electron chi connectivity index (χ4n) is 4.48. The fourth-order valence-corrected chi connectivity index (χ4v) is 4.48. The van der Waals surface area contributed by atoms with Crippen LogP contribution in [0, 0.1) is 6.92 Å². The summed E-state index contributed by atoms with van der Waals surface area (Å²) >= 11 is 0. The SMILES string of the molecule is COCCCCc1ccn2nc(C)c(C3=C(c4c[nH]c5ccccc45)C(=O)NC3=O)c2c1. The second kappa shape index (κ2) is 8.09. The number of fused-ring (bicyclic) bond motifs is 2. The normalized spacial score (nSPS) is 14.2. The van der Waals surface area contributed by atoms with Crippen LogP contribution in [0.2, 0.25) is 0 Å². The zero-order chi connectivity index (χ0) is 22.2.